The Labute approximate surface area is 201 Å². The third kappa shape index (κ3) is 7.16. The Morgan fingerprint density at radius 1 is 0.667 bits per heavy atom. The summed E-state index contributed by atoms with van der Waals surface area (Å²) in [5, 5.41) is 0. The number of hydrogen-bond acceptors (Lipinski definition) is 5. The first-order chi connectivity index (χ1) is 16.3. The molecule has 3 aromatic rings. The minimum absolute atomic E-state index is 0.0928. The van der Waals surface area contributed by atoms with E-state index in [4.69, 9.17) is 18.9 Å². The van der Waals surface area contributed by atoms with Gasteiger partial charge in [0.2, 0.25) is 0 Å². The summed E-state index contributed by atoms with van der Waals surface area (Å²) in [4.78, 5) is 0. The standard InChI is InChI=1S/C28H32O4S/c1-2-33-28-27(31-20-24-16-10-5-11-17-24)26(30-19-23-14-8-4-9-15-23)25(32-28)21-29-18-22-12-6-3-7-13-22/h3-17,25-28H,2,18-21H2,1H3/t25-,26-,27-,28-/m1/s1. The lowest BCUT2D eigenvalue weighted by molar-refractivity contribution is -0.0895. The van der Waals surface area contributed by atoms with E-state index in [1.54, 1.807) is 11.8 Å². The molecule has 0 amide bonds. The van der Waals surface area contributed by atoms with Crippen molar-refractivity contribution in [3.8, 4) is 0 Å². The van der Waals surface area contributed by atoms with E-state index < -0.39 is 0 Å². The quantitative estimate of drug-likeness (QED) is 0.336. The molecule has 0 saturated carbocycles. The van der Waals surface area contributed by atoms with Gasteiger partial charge in [0, 0.05) is 0 Å². The molecular weight excluding hydrogens is 432 g/mol. The summed E-state index contributed by atoms with van der Waals surface area (Å²) in [6.07, 6.45) is -0.583. The van der Waals surface area contributed by atoms with Gasteiger partial charge in [0.05, 0.1) is 26.4 Å². The van der Waals surface area contributed by atoms with Crippen molar-refractivity contribution >= 4 is 11.8 Å². The molecule has 0 bridgehead atoms. The molecule has 33 heavy (non-hydrogen) atoms. The average Bonchev–Trinajstić information content (AvgIpc) is 3.19. The van der Waals surface area contributed by atoms with Gasteiger partial charge in [-0.05, 0) is 22.4 Å². The van der Waals surface area contributed by atoms with Crippen LogP contribution >= 0.6 is 11.8 Å². The van der Waals surface area contributed by atoms with Crippen molar-refractivity contribution < 1.29 is 18.9 Å². The van der Waals surface area contributed by atoms with Gasteiger partial charge in [-0.3, -0.25) is 0 Å². The maximum Gasteiger partial charge on any atom is 0.132 e. The molecule has 4 atom stereocenters. The molecule has 0 aliphatic carbocycles. The lowest BCUT2D eigenvalue weighted by Gasteiger charge is -2.25. The van der Waals surface area contributed by atoms with Gasteiger partial charge in [-0.25, -0.2) is 0 Å². The number of hydrogen-bond donors (Lipinski definition) is 0. The van der Waals surface area contributed by atoms with Crippen LogP contribution in [0.2, 0.25) is 0 Å². The van der Waals surface area contributed by atoms with E-state index >= 15 is 0 Å². The molecule has 0 aromatic heterocycles. The Kier molecular flexibility index (Phi) is 9.39. The van der Waals surface area contributed by atoms with Gasteiger partial charge >= 0.3 is 0 Å². The maximum atomic E-state index is 6.44. The molecule has 1 saturated heterocycles. The highest BCUT2D eigenvalue weighted by atomic mass is 32.2. The first-order valence-corrected chi connectivity index (χ1v) is 12.6. The van der Waals surface area contributed by atoms with Crippen molar-refractivity contribution in [2.24, 2.45) is 0 Å². The third-order valence-corrected chi connectivity index (χ3v) is 6.60. The van der Waals surface area contributed by atoms with Crippen LogP contribution in [0.25, 0.3) is 0 Å². The smallest absolute Gasteiger partial charge is 0.132 e. The molecule has 1 fully saturated rings. The van der Waals surface area contributed by atoms with E-state index in [2.05, 4.69) is 43.3 Å². The van der Waals surface area contributed by atoms with Crippen LogP contribution in [0, 0.1) is 0 Å². The zero-order chi connectivity index (χ0) is 22.7. The first-order valence-electron chi connectivity index (χ1n) is 11.5. The fraction of sp³-hybridized carbons (Fsp3) is 0.357. The van der Waals surface area contributed by atoms with Crippen molar-refractivity contribution in [2.45, 2.75) is 50.5 Å². The topological polar surface area (TPSA) is 36.9 Å². The van der Waals surface area contributed by atoms with Gasteiger partial charge in [-0.15, -0.1) is 11.8 Å². The van der Waals surface area contributed by atoms with Crippen LogP contribution in [0.4, 0.5) is 0 Å². The lowest BCUT2D eigenvalue weighted by atomic mass is 10.1. The van der Waals surface area contributed by atoms with E-state index in [0.717, 1.165) is 22.4 Å². The fourth-order valence-corrected chi connectivity index (χ4v) is 4.88. The summed E-state index contributed by atoms with van der Waals surface area (Å²) in [5.41, 5.74) is 3.33. The highest BCUT2D eigenvalue weighted by Gasteiger charge is 2.46. The van der Waals surface area contributed by atoms with E-state index in [1.165, 1.54) is 0 Å². The van der Waals surface area contributed by atoms with Gasteiger partial charge in [0.25, 0.3) is 0 Å². The SMILES string of the molecule is CCS[C@H]1O[C@H](COCc2ccccc2)[C@@H](OCc2ccccc2)[C@H]1OCc1ccccc1. The number of ether oxygens (including phenoxy) is 4. The minimum Gasteiger partial charge on any atom is -0.374 e. The van der Waals surface area contributed by atoms with Gasteiger partial charge in [-0.1, -0.05) is 97.9 Å². The van der Waals surface area contributed by atoms with Crippen LogP contribution in [-0.4, -0.2) is 36.1 Å². The number of thioether (sulfide) groups is 1. The zero-order valence-electron chi connectivity index (χ0n) is 19.0. The van der Waals surface area contributed by atoms with Crippen LogP contribution in [0.5, 0.6) is 0 Å². The summed E-state index contributed by atoms with van der Waals surface area (Å²) in [6.45, 7) is 4.19. The second-order valence-electron chi connectivity index (χ2n) is 8.02. The van der Waals surface area contributed by atoms with E-state index in [0.29, 0.717) is 26.4 Å². The van der Waals surface area contributed by atoms with Crippen LogP contribution in [0.15, 0.2) is 91.0 Å². The van der Waals surface area contributed by atoms with Crippen molar-refractivity contribution in [3.63, 3.8) is 0 Å². The Bertz CT molecular complexity index is 922. The molecule has 4 nitrogen and oxygen atoms in total. The zero-order valence-corrected chi connectivity index (χ0v) is 19.9. The molecule has 0 radical (unpaired) electrons. The largest absolute Gasteiger partial charge is 0.374 e. The molecule has 0 spiro atoms. The maximum absolute atomic E-state index is 6.44. The predicted octanol–water partition coefficient (Wildman–Crippen LogP) is 5.85. The molecule has 4 rings (SSSR count). The molecule has 1 heterocycles. The second kappa shape index (κ2) is 12.9. The van der Waals surface area contributed by atoms with Crippen molar-refractivity contribution in [2.75, 3.05) is 12.4 Å². The van der Waals surface area contributed by atoms with E-state index in [9.17, 15) is 0 Å². The van der Waals surface area contributed by atoms with Crippen molar-refractivity contribution in [3.05, 3.63) is 108 Å². The second-order valence-corrected chi connectivity index (χ2v) is 9.40. The van der Waals surface area contributed by atoms with Crippen molar-refractivity contribution in [1.82, 2.24) is 0 Å². The van der Waals surface area contributed by atoms with Crippen LogP contribution in [-0.2, 0) is 38.8 Å². The normalized spacial score (nSPS) is 22.5. The number of benzene rings is 3. The van der Waals surface area contributed by atoms with Crippen LogP contribution < -0.4 is 0 Å². The van der Waals surface area contributed by atoms with Gasteiger partial charge in [0.1, 0.15) is 23.7 Å². The molecule has 1 aliphatic rings. The average molecular weight is 465 g/mol. The molecule has 3 aromatic carbocycles. The molecule has 0 N–H and O–H groups in total. The Hall–Kier alpha value is -2.15. The van der Waals surface area contributed by atoms with E-state index in [1.807, 2.05) is 54.6 Å². The van der Waals surface area contributed by atoms with E-state index in [-0.39, 0.29) is 23.7 Å². The summed E-state index contributed by atoms with van der Waals surface area (Å²) >= 11 is 1.76. The van der Waals surface area contributed by atoms with Crippen LogP contribution in [0.3, 0.4) is 0 Å². The molecule has 174 valence electrons. The summed E-state index contributed by atoms with van der Waals surface area (Å²) < 4.78 is 25.3. The molecule has 1 aliphatic heterocycles. The fourth-order valence-electron chi connectivity index (χ4n) is 3.90. The summed E-state index contributed by atoms with van der Waals surface area (Å²) in [7, 11) is 0. The van der Waals surface area contributed by atoms with Gasteiger partial charge < -0.3 is 18.9 Å². The highest BCUT2D eigenvalue weighted by molar-refractivity contribution is 7.99. The molecule has 0 unspecified atom stereocenters. The highest BCUT2D eigenvalue weighted by Crippen LogP contribution is 2.34. The predicted molar refractivity (Wildman–Crippen MR) is 133 cm³/mol. The van der Waals surface area contributed by atoms with Gasteiger partial charge in [-0.2, -0.15) is 0 Å². The first kappa shape index (κ1) is 24.0. The number of rotatable bonds is 12. The third-order valence-electron chi connectivity index (χ3n) is 5.56. The minimum atomic E-state index is -0.214. The van der Waals surface area contributed by atoms with Gasteiger partial charge in [0.15, 0.2) is 0 Å². The Balaban J connectivity index is 1.44. The summed E-state index contributed by atoms with van der Waals surface area (Å²) in [6, 6.07) is 30.7. The van der Waals surface area contributed by atoms with Crippen LogP contribution in [0.1, 0.15) is 23.6 Å². The molecule has 5 heteroatoms. The summed E-state index contributed by atoms with van der Waals surface area (Å²) in [5.74, 6) is 0.943. The van der Waals surface area contributed by atoms with Crippen molar-refractivity contribution in [1.29, 1.82) is 0 Å². The Morgan fingerprint density at radius 3 is 1.67 bits per heavy atom. The Morgan fingerprint density at radius 2 is 1.15 bits per heavy atom. The monoisotopic (exact) mass is 464 g/mol. The molecular formula is C28H32O4S. The lowest BCUT2D eigenvalue weighted by Crippen LogP contribution is -2.38.